The number of hydrogen-bond acceptors (Lipinski definition) is 2. The maximum absolute atomic E-state index is 3.85. The zero-order valence-corrected chi connectivity index (χ0v) is 12.2. The van der Waals surface area contributed by atoms with Crippen molar-refractivity contribution in [3.05, 3.63) is 0 Å². The van der Waals surface area contributed by atoms with Gasteiger partial charge in [0.25, 0.3) is 0 Å². The molecular weight excluding hydrogens is 220 g/mol. The average Bonchev–Trinajstić information content (AvgIpc) is 3.18. The monoisotopic (exact) mass is 250 g/mol. The van der Waals surface area contributed by atoms with Crippen molar-refractivity contribution in [3.63, 3.8) is 0 Å². The summed E-state index contributed by atoms with van der Waals surface area (Å²) in [6.45, 7) is 8.78. The Hall–Kier alpha value is -0.0800. The van der Waals surface area contributed by atoms with E-state index in [1.54, 1.807) is 0 Å². The molecule has 3 fully saturated rings. The zero-order valence-electron chi connectivity index (χ0n) is 12.2. The van der Waals surface area contributed by atoms with E-state index < -0.39 is 0 Å². The van der Waals surface area contributed by atoms with Crippen molar-refractivity contribution in [2.45, 2.75) is 64.5 Å². The minimum absolute atomic E-state index is 0.775. The van der Waals surface area contributed by atoms with Gasteiger partial charge in [0, 0.05) is 25.2 Å². The van der Waals surface area contributed by atoms with Crippen LogP contribution in [0.5, 0.6) is 0 Å². The lowest BCUT2D eigenvalue weighted by Gasteiger charge is -2.48. The molecule has 0 bridgehead atoms. The van der Waals surface area contributed by atoms with Crippen LogP contribution in [-0.4, -0.2) is 36.6 Å². The molecule has 3 aliphatic rings. The third-order valence-corrected chi connectivity index (χ3v) is 5.58. The number of likely N-dealkylation sites (tertiary alicyclic amines) is 1. The van der Waals surface area contributed by atoms with Crippen LogP contribution in [0.1, 0.15) is 52.4 Å². The summed E-state index contributed by atoms with van der Waals surface area (Å²) in [6, 6.07) is 1.68. The highest BCUT2D eigenvalue weighted by molar-refractivity contribution is 4.93. The van der Waals surface area contributed by atoms with Crippen molar-refractivity contribution in [2.75, 3.05) is 19.6 Å². The van der Waals surface area contributed by atoms with Crippen LogP contribution in [-0.2, 0) is 0 Å². The molecule has 104 valence electrons. The minimum atomic E-state index is 0.775. The minimum Gasteiger partial charge on any atom is -0.312 e. The number of hydrogen-bond donors (Lipinski definition) is 1. The first kappa shape index (κ1) is 12.9. The summed E-state index contributed by atoms with van der Waals surface area (Å²) in [4.78, 5) is 2.82. The second-order valence-corrected chi connectivity index (χ2v) is 7.13. The Morgan fingerprint density at radius 3 is 2.44 bits per heavy atom. The Bertz CT molecular complexity index is 274. The predicted molar refractivity (Wildman–Crippen MR) is 76.7 cm³/mol. The highest BCUT2D eigenvalue weighted by Gasteiger charge is 2.37. The van der Waals surface area contributed by atoms with Gasteiger partial charge >= 0.3 is 0 Å². The van der Waals surface area contributed by atoms with Crippen LogP contribution in [0.3, 0.4) is 0 Å². The fraction of sp³-hybridized carbons (Fsp3) is 1.00. The molecule has 4 unspecified atom stereocenters. The fourth-order valence-electron chi connectivity index (χ4n) is 3.80. The molecule has 1 aliphatic heterocycles. The lowest BCUT2D eigenvalue weighted by molar-refractivity contribution is 0.0220. The highest BCUT2D eigenvalue weighted by atomic mass is 15.2. The molecule has 1 saturated heterocycles. The van der Waals surface area contributed by atoms with E-state index in [2.05, 4.69) is 24.1 Å². The van der Waals surface area contributed by atoms with Gasteiger partial charge in [0.1, 0.15) is 0 Å². The van der Waals surface area contributed by atoms with Crippen LogP contribution in [0.15, 0.2) is 0 Å². The van der Waals surface area contributed by atoms with Crippen molar-refractivity contribution in [1.29, 1.82) is 0 Å². The van der Waals surface area contributed by atoms with Crippen molar-refractivity contribution in [2.24, 2.45) is 17.8 Å². The van der Waals surface area contributed by atoms with Crippen molar-refractivity contribution in [3.8, 4) is 0 Å². The van der Waals surface area contributed by atoms with Crippen molar-refractivity contribution >= 4 is 0 Å². The molecule has 1 N–H and O–H groups in total. The predicted octanol–water partition coefficient (Wildman–Crippen LogP) is 2.89. The number of rotatable bonds is 5. The van der Waals surface area contributed by atoms with Gasteiger partial charge in [-0.2, -0.15) is 0 Å². The van der Waals surface area contributed by atoms with E-state index in [-0.39, 0.29) is 0 Å². The fourth-order valence-corrected chi connectivity index (χ4v) is 3.80. The number of nitrogens with zero attached hydrogens (tertiary/aromatic N) is 1. The van der Waals surface area contributed by atoms with E-state index in [1.807, 2.05) is 0 Å². The second kappa shape index (κ2) is 5.50. The first-order valence-corrected chi connectivity index (χ1v) is 8.23. The molecule has 18 heavy (non-hydrogen) atoms. The molecule has 3 rings (SSSR count). The largest absolute Gasteiger partial charge is 0.312 e. The van der Waals surface area contributed by atoms with Gasteiger partial charge in [-0.1, -0.05) is 20.3 Å². The first-order chi connectivity index (χ1) is 8.76. The molecule has 0 aromatic heterocycles. The van der Waals surface area contributed by atoms with E-state index in [9.17, 15) is 0 Å². The average molecular weight is 250 g/mol. The standard InChI is InChI=1S/C16H30N2/c1-3-13-8-15(17-9-14-5-6-14)11-18(10-13)16-7-4-12(16)2/h12-17H,3-11H2,1-2H3. The number of piperidine rings is 1. The first-order valence-electron chi connectivity index (χ1n) is 8.23. The molecule has 0 spiro atoms. The molecule has 2 saturated carbocycles. The Kier molecular flexibility index (Phi) is 3.95. The molecule has 0 amide bonds. The summed E-state index contributed by atoms with van der Waals surface area (Å²) >= 11 is 0. The Morgan fingerprint density at radius 2 is 1.89 bits per heavy atom. The normalized spacial score (nSPS) is 41.7. The van der Waals surface area contributed by atoms with Gasteiger partial charge in [-0.3, -0.25) is 4.90 Å². The van der Waals surface area contributed by atoms with E-state index >= 15 is 0 Å². The van der Waals surface area contributed by atoms with Crippen LogP contribution in [0, 0.1) is 17.8 Å². The van der Waals surface area contributed by atoms with Crippen LogP contribution in [0.2, 0.25) is 0 Å². The van der Waals surface area contributed by atoms with E-state index in [1.165, 1.54) is 58.2 Å². The third-order valence-electron chi connectivity index (χ3n) is 5.58. The number of nitrogens with one attached hydrogen (secondary N) is 1. The van der Waals surface area contributed by atoms with Gasteiger partial charge in [-0.25, -0.2) is 0 Å². The van der Waals surface area contributed by atoms with Gasteiger partial charge in [0.2, 0.25) is 0 Å². The molecule has 1 heterocycles. The molecule has 0 aromatic rings. The van der Waals surface area contributed by atoms with E-state index in [0.29, 0.717) is 0 Å². The molecule has 0 aromatic carbocycles. The molecular formula is C16H30N2. The molecule has 2 nitrogen and oxygen atoms in total. The van der Waals surface area contributed by atoms with E-state index in [4.69, 9.17) is 0 Å². The molecule has 2 heteroatoms. The Labute approximate surface area is 113 Å². The lowest BCUT2D eigenvalue weighted by Crippen LogP contribution is -2.56. The maximum atomic E-state index is 3.85. The van der Waals surface area contributed by atoms with Gasteiger partial charge in [-0.15, -0.1) is 0 Å². The summed E-state index contributed by atoms with van der Waals surface area (Å²) < 4.78 is 0. The highest BCUT2D eigenvalue weighted by Crippen LogP contribution is 2.35. The smallest absolute Gasteiger partial charge is 0.0198 e. The van der Waals surface area contributed by atoms with Crippen molar-refractivity contribution in [1.82, 2.24) is 10.2 Å². The van der Waals surface area contributed by atoms with Gasteiger partial charge in [0.05, 0.1) is 0 Å². The summed E-state index contributed by atoms with van der Waals surface area (Å²) in [5.74, 6) is 2.90. The summed E-state index contributed by atoms with van der Waals surface area (Å²) in [5, 5.41) is 3.85. The second-order valence-electron chi connectivity index (χ2n) is 7.13. The van der Waals surface area contributed by atoms with Gasteiger partial charge < -0.3 is 5.32 Å². The quantitative estimate of drug-likeness (QED) is 0.807. The van der Waals surface area contributed by atoms with Crippen molar-refractivity contribution < 1.29 is 0 Å². The topological polar surface area (TPSA) is 15.3 Å². The van der Waals surface area contributed by atoms with Crippen LogP contribution >= 0.6 is 0 Å². The Balaban J connectivity index is 1.53. The summed E-state index contributed by atoms with van der Waals surface area (Å²) in [5.41, 5.74) is 0. The van der Waals surface area contributed by atoms with Crippen LogP contribution in [0.25, 0.3) is 0 Å². The molecule has 4 atom stereocenters. The lowest BCUT2D eigenvalue weighted by atomic mass is 9.78. The summed E-state index contributed by atoms with van der Waals surface area (Å²) in [6.07, 6.45) is 8.63. The molecule has 2 aliphatic carbocycles. The Morgan fingerprint density at radius 1 is 1.06 bits per heavy atom. The maximum Gasteiger partial charge on any atom is 0.0198 e. The zero-order chi connectivity index (χ0) is 12.5. The third kappa shape index (κ3) is 2.91. The molecule has 0 radical (unpaired) electrons. The summed E-state index contributed by atoms with van der Waals surface area (Å²) in [7, 11) is 0. The SMILES string of the molecule is CCC1CC(NCC2CC2)CN(C2CCC2C)C1. The van der Waals surface area contributed by atoms with Gasteiger partial charge in [-0.05, 0) is 56.4 Å². The van der Waals surface area contributed by atoms with Crippen LogP contribution < -0.4 is 5.32 Å². The van der Waals surface area contributed by atoms with Gasteiger partial charge in [0.15, 0.2) is 0 Å². The van der Waals surface area contributed by atoms with Crippen LogP contribution in [0.4, 0.5) is 0 Å². The van der Waals surface area contributed by atoms with E-state index in [0.717, 1.165) is 29.8 Å².